The Kier molecular flexibility index (Phi) is 4.34. The van der Waals surface area contributed by atoms with Crippen molar-refractivity contribution in [3.63, 3.8) is 0 Å². The maximum atomic E-state index is 11.8. The molecule has 0 fully saturated rings. The quantitative estimate of drug-likeness (QED) is 0.907. The van der Waals surface area contributed by atoms with E-state index in [-0.39, 0.29) is 11.8 Å². The van der Waals surface area contributed by atoms with E-state index in [2.05, 4.69) is 15.6 Å². The number of amides is 1. The number of nitrogens with one attached hydrogen (secondary N) is 1. The first kappa shape index (κ1) is 14.0. The lowest BCUT2D eigenvalue weighted by atomic mass is 10.1. The summed E-state index contributed by atoms with van der Waals surface area (Å²) in [6.07, 6.45) is 0.426. The molecule has 0 saturated heterocycles. The lowest BCUT2D eigenvalue weighted by Gasteiger charge is -2.05. The third-order valence-corrected chi connectivity index (χ3v) is 2.70. The van der Waals surface area contributed by atoms with Crippen LogP contribution in [0.1, 0.15) is 20.3 Å². The topological polar surface area (TPSA) is 77.2 Å². The van der Waals surface area contributed by atoms with Gasteiger partial charge in [-0.25, -0.2) is 4.63 Å². The monoisotopic (exact) mass is 275 g/mol. The SMILES string of the molecule is COc1ccc(-c2nonc2NC(=O)CC(C)C)cc1. The number of carbonyl (C=O) groups excluding carboxylic acids is 1. The number of nitrogens with zero attached hydrogens (tertiary/aromatic N) is 2. The van der Waals surface area contributed by atoms with Crippen molar-refractivity contribution in [2.75, 3.05) is 12.4 Å². The molecule has 0 aliphatic carbocycles. The zero-order valence-electron chi connectivity index (χ0n) is 11.7. The van der Waals surface area contributed by atoms with Crippen LogP contribution in [0.4, 0.5) is 5.82 Å². The molecule has 20 heavy (non-hydrogen) atoms. The molecule has 6 heteroatoms. The standard InChI is InChI=1S/C14H17N3O3/c1-9(2)8-12(18)15-14-13(16-20-17-14)10-4-6-11(19-3)7-5-10/h4-7,9H,8H2,1-3H3,(H,15,17,18). The number of methoxy groups -OCH3 is 1. The highest BCUT2D eigenvalue weighted by molar-refractivity contribution is 5.93. The van der Waals surface area contributed by atoms with Crippen LogP contribution in [0.3, 0.4) is 0 Å². The van der Waals surface area contributed by atoms with Gasteiger partial charge in [-0.3, -0.25) is 4.79 Å². The second-order valence-electron chi connectivity index (χ2n) is 4.84. The average Bonchev–Trinajstić information content (AvgIpc) is 2.86. The van der Waals surface area contributed by atoms with Crippen molar-refractivity contribution in [3.8, 4) is 17.0 Å². The molecule has 0 aliphatic heterocycles. The van der Waals surface area contributed by atoms with Crippen molar-refractivity contribution in [2.45, 2.75) is 20.3 Å². The summed E-state index contributed by atoms with van der Waals surface area (Å²) in [5.74, 6) is 1.25. The Bertz CT molecular complexity index is 576. The smallest absolute Gasteiger partial charge is 0.225 e. The summed E-state index contributed by atoms with van der Waals surface area (Å²) in [7, 11) is 1.60. The van der Waals surface area contributed by atoms with Crippen molar-refractivity contribution in [1.82, 2.24) is 10.3 Å². The minimum absolute atomic E-state index is 0.106. The first-order chi connectivity index (χ1) is 9.60. The first-order valence-corrected chi connectivity index (χ1v) is 6.37. The van der Waals surface area contributed by atoms with Crippen molar-refractivity contribution < 1.29 is 14.2 Å². The molecule has 1 amide bonds. The highest BCUT2D eigenvalue weighted by Gasteiger charge is 2.15. The van der Waals surface area contributed by atoms with Crippen molar-refractivity contribution in [1.29, 1.82) is 0 Å². The van der Waals surface area contributed by atoms with E-state index in [4.69, 9.17) is 9.37 Å². The van der Waals surface area contributed by atoms with E-state index in [0.717, 1.165) is 11.3 Å². The summed E-state index contributed by atoms with van der Waals surface area (Å²) in [6.45, 7) is 3.95. The Morgan fingerprint density at radius 3 is 2.60 bits per heavy atom. The summed E-state index contributed by atoms with van der Waals surface area (Å²) in [6, 6.07) is 7.28. The predicted molar refractivity (Wildman–Crippen MR) is 74.4 cm³/mol. The maximum absolute atomic E-state index is 11.8. The Morgan fingerprint density at radius 1 is 1.30 bits per heavy atom. The van der Waals surface area contributed by atoms with Gasteiger partial charge < -0.3 is 10.1 Å². The van der Waals surface area contributed by atoms with Gasteiger partial charge in [-0.2, -0.15) is 0 Å². The molecule has 0 atom stereocenters. The molecule has 0 unspecified atom stereocenters. The molecule has 6 nitrogen and oxygen atoms in total. The van der Waals surface area contributed by atoms with E-state index < -0.39 is 0 Å². The van der Waals surface area contributed by atoms with Crippen LogP contribution in [0.15, 0.2) is 28.9 Å². The Labute approximate surface area is 117 Å². The van der Waals surface area contributed by atoms with Gasteiger partial charge in [0, 0.05) is 12.0 Å². The Balaban J connectivity index is 2.17. The lowest BCUT2D eigenvalue weighted by Crippen LogP contribution is -2.14. The van der Waals surface area contributed by atoms with Crippen molar-refractivity contribution in [3.05, 3.63) is 24.3 Å². The minimum Gasteiger partial charge on any atom is -0.497 e. The lowest BCUT2D eigenvalue weighted by molar-refractivity contribution is -0.116. The number of carbonyl (C=O) groups is 1. The molecular formula is C14H17N3O3. The fourth-order valence-electron chi connectivity index (χ4n) is 1.76. The van der Waals surface area contributed by atoms with Crippen LogP contribution in [-0.2, 0) is 4.79 Å². The van der Waals surface area contributed by atoms with Crippen LogP contribution in [0.2, 0.25) is 0 Å². The van der Waals surface area contributed by atoms with E-state index in [1.807, 2.05) is 38.1 Å². The van der Waals surface area contributed by atoms with E-state index in [0.29, 0.717) is 17.9 Å². The van der Waals surface area contributed by atoms with Gasteiger partial charge in [0.1, 0.15) is 5.75 Å². The van der Waals surface area contributed by atoms with Gasteiger partial charge in [0.2, 0.25) is 11.7 Å². The van der Waals surface area contributed by atoms with Gasteiger partial charge in [0.15, 0.2) is 5.69 Å². The van der Waals surface area contributed by atoms with E-state index in [9.17, 15) is 4.79 Å². The van der Waals surface area contributed by atoms with E-state index >= 15 is 0 Å². The van der Waals surface area contributed by atoms with E-state index in [1.165, 1.54) is 0 Å². The summed E-state index contributed by atoms with van der Waals surface area (Å²) in [4.78, 5) is 11.8. The summed E-state index contributed by atoms with van der Waals surface area (Å²) >= 11 is 0. The number of hydrogen-bond acceptors (Lipinski definition) is 5. The van der Waals surface area contributed by atoms with Crippen LogP contribution in [0.25, 0.3) is 11.3 Å². The molecule has 1 aromatic carbocycles. The van der Waals surface area contributed by atoms with Gasteiger partial charge in [0.05, 0.1) is 7.11 Å². The molecule has 1 N–H and O–H groups in total. The second-order valence-corrected chi connectivity index (χ2v) is 4.84. The van der Waals surface area contributed by atoms with Crippen LogP contribution < -0.4 is 10.1 Å². The maximum Gasteiger partial charge on any atom is 0.225 e. The fraction of sp³-hybridized carbons (Fsp3) is 0.357. The molecule has 1 aromatic heterocycles. The van der Waals surface area contributed by atoms with Gasteiger partial charge in [-0.05, 0) is 40.5 Å². The number of ether oxygens (including phenoxy) is 1. The molecule has 0 aliphatic rings. The van der Waals surface area contributed by atoms with Crippen molar-refractivity contribution in [2.24, 2.45) is 5.92 Å². The average molecular weight is 275 g/mol. The van der Waals surface area contributed by atoms with Crippen molar-refractivity contribution >= 4 is 11.7 Å². The zero-order chi connectivity index (χ0) is 14.5. The molecule has 0 bridgehead atoms. The number of aromatic nitrogens is 2. The van der Waals surface area contributed by atoms with Gasteiger partial charge in [0.25, 0.3) is 0 Å². The molecule has 1 heterocycles. The highest BCUT2D eigenvalue weighted by atomic mass is 16.6. The summed E-state index contributed by atoms with van der Waals surface area (Å²) in [5, 5.41) is 10.3. The zero-order valence-corrected chi connectivity index (χ0v) is 11.7. The molecule has 0 radical (unpaired) electrons. The molecule has 2 rings (SSSR count). The van der Waals surface area contributed by atoms with E-state index in [1.54, 1.807) is 7.11 Å². The third kappa shape index (κ3) is 3.34. The highest BCUT2D eigenvalue weighted by Crippen LogP contribution is 2.26. The van der Waals surface area contributed by atoms with Crippen LogP contribution >= 0.6 is 0 Å². The summed E-state index contributed by atoms with van der Waals surface area (Å²) in [5.41, 5.74) is 1.30. The molecule has 2 aromatic rings. The number of rotatable bonds is 5. The predicted octanol–water partition coefficient (Wildman–Crippen LogP) is 2.73. The van der Waals surface area contributed by atoms with Gasteiger partial charge >= 0.3 is 0 Å². The fourth-order valence-corrected chi connectivity index (χ4v) is 1.76. The first-order valence-electron chi connectivity index (χ1n) is 6.37. The normalized spacial score (nSPS) is 10.6. The molecule has 0 saturated carbocycles. The molecule has 106 valence electrons. The van der Waals surface area contributed by atoms with Gasteiger partial charge in [-0.1, -0.05) is 13.8 Å². The van der Waals surface area contributed by atoms with Crippen LogP contribution in [0.5, 0.6) is 5.75 Å². The third-order valence-electron chi connectivity index (χ3n) is 2.70. The van der Waals surface area contributed by atoms with Crippen LogP contribution in [0, 0.1) is 5.92 Å². The number of hydrogen-bond donors (Lipinski definition) is 1. The Hall–Kier alpha value is -2.37. The number of benzene rings is 1. The summed E-state index contributed by atoms with van der Waals surface area (Å²) < 4.78 is 9.81. The Morgan fingerprint density at radius 2 is 2.00 bits per heavy atom. The number of anilines is 1. The van der Waals surface area contributed by atoms with Gasteiger partial charge in [-0.15, -0.1) is 0 Å². The second kappa shape index (κ2) is 6.18. The molecular weight excluding hydrogens is 258 g/mol. The minimum atomic E-state index is -0.106. The molecule has 0 spiro atoms. The van der Waals surface area contributed by atoms with Crippen LogP contribution in [-0.4, -0.2) is 23.3 Å². The largest absolute Gasteiger partial charge is 0.497 e.